The maximum atomic E-state index is 12.2. The van der Waals surface area contributed by atoms with E-state index in [0.29, 0.717) is 6.61 Å². The molecule has 8 nitrogen and oxygen atoms in total. The molecule has 1 fully saturated rings. The average Bonchev–Trinajstić information content (AvgIpc) is 2.87. The Bertz CT molecular complexity index is 506. The Morgan fingerprint density at radius 1 is 1.21 bits per heavy atom. The van der Waals surface area contributed by atoms with Crippen molar-refractivity contribution in [3.05, 3.63) is 12.2 Å². The summed E-state index contributed by atoms with van der Waals surface area (Å²) in [5.41, 5.74) is -1.85. The van der Waals surface area contributed by atoms with Crippen LogP contribution in [-0.2, 0) is 38.1 Å². The van der Waals surface area contributed by atoms with Gasteiger partial charge in [-0.05, 0) is 26.8 Å². The first kappa shape index (κ1) is 20.1. The molecular formula is C16H24O8. The molecule has 1 heterocycles. The van der Waals surface area contributed by atoms with Gasteiger partial charge in [0.05, 0.1) is 20.8 Å². The van der Waals surface area contributed by atoms with Crippen molar-refractivity contribution in [1.82, 2.24) is 0 Å². The van der Waals surface area contributed by atoms with E-state index in [2.05, 4.69) is 9.47 Å². The van der Waals surface area contributed by atoms with E-state index in [9.17, 15) is 14.4 Å². The molecule has 1 aliphatic heterocycles. The highest BCUT2D eigenvalue weighted by Crippen LogP contribution is 2.30. The summed E-state index contributed by atoms with van der Waals surface area (Å²) in [6.07, 6.45) is 1.36. The van der Waals surface area contributed by atoms with E-state index in [0.717, 1.165) is 14.2 Å². The van der Waals surface area contributed by atoms with Crippen LogP contribution in [-0.4, -0.2) is 56.7 Å². The molecule has 1 saturated heterocycles. The Kier molecular flexibility index (Phi) is 6.50. The van der Waals surface area contributed by atoms with Crippen LogP contribution in [0, 0.1) is 5.41 Å². The fourth-order valence-electron chi connectivity index (χ4n) is 2.30. The zero-order valence-electron chi connectivity index (χ0n) is 14.8. The Balaban J connectivity index is 3.11. The smallest absolute Gasteiger partial charge is 0.327 e. The van der Waals surface area contributed by atoms with Gasteiger partial charge in [0.15, 0.2) is 5.79 Å². The maximum absolute atomic E-state index is 12.2. The highest BCUT2D eigenvalue weighted by molar-refractivity contribution is 6.00. The summed E-state index contributed by atoms with van der Waals surface area (Å²) in [4.78, 5) is 35.7. The molecule has 8 heteroatoms. The second kappa shape index (κ2) is 7.76. The summed E-state index contributed by atoms with van der Waals surface area (Å²) >= 11 is 0. The van der Waals surface area contributed by atoms with E-state index in [1.807, 2.05) is 0 Å². The highest BCUT2D eigenvalue weighted by atomic mass is 16.7. The summed E-state index contributed by atoms with van der Waals surface area (Å²) in [5, 5.41) is 0. The molecule has 0 unspecified atom stereocenters. The van der Waals surface area contributed by atoms with E-state index in [1.54, 1.807) is 19.9 Å². The number of carbonyl (C=O) groups is 3. The van der Waals surface area contributed by atoms with Crippen LogP contribution in [0.3, 0.4) is 0 Å². The number of ether oxygens (including phenoxy) is 5. The Labute approximate surface area is 141 Å². The van der Waals surface area contributed by atoms with Gasteiger partial charge in [-0.1, -0.05) is 6.08 Å². The third-order valence-electron chi connectivity index (χ3n) is 3.61. The second-order valence-corrected chi connectivity index (χ2v) is 5.97. The molecule has 0 saturated carbocycles. The van der Waals surface area contributed by atoms with Crippen molar-refractivity contribution in [3.8, 4) is 0 Å². The van der Waals surface area contributed by atoms with Crippen molar-refractivity contribution in [1.29, 1.82) is 0 Å². The summed E-state index contributed by atoms with van der Waals surface area (Å²) in [7, 11) is 2.27. The van der Waals surface area contributed by atoms with Crippen LogP contribution in [0.15, 0.2) is 12.2 Å². The first-order valence-electron chi connectivity index (χ1n) is 7.41. The molecule has 0 spiro atoms. The summed E-state index contributed by atoms with van der Waals surface area (Å²) in [6, 6.07) is 0. The van der Waals surface area contributed by atoms with Gasteiger partial charge in [0.1, 0.15) is 12.2 Å². The minimum atomic E-state index is -1.85. The number of carbonyl (C=O) groups excluding carboxylic acids is 3. The van der Waals surface area contributed by atoms with Crippen molar-refractivity contribution < 1.29 is 38.1 Å². The van der Waals surface area contributed by atoms with Crippen LogP contribution in [0.5, 0.6) is 0 Å². The maximum Gasteiger partial charge on any atom is 0.327 e. The predicted octanol–water partition coefficient (Wildman–Crippen LogP) is 0.978. The van der Waals surface area contributed by atoms with Crippen molar-refractivity contribution in [2.45, 2.75) is 45.7 Å². The standard InChI is InChI=1S/C16H24O8/c1-10(17)23-12(8-7-11-9-22-15(2,3)24-11)16(4,13(18)20-5)14(19)21-6/h7-8,11-12H,9H2,1-6H3/t11-,12-/m0/s1. The molecule has 0 aromatic carbocycles. The van der Waals surface area contributed by atoms with Gasteiger partial charge in [0, 0.05) is 6.92 Å². The van der Waals surface area contributed by atoms with Gasteiger partial charge in [-0.2, -0.15) is 0 Å². The van der Waals surface area contributed by atoms with Crippen molar-refractivity contribution in [2.24, 2.45) is 5.41 Å². The van der Waals surface area contributed by atoms with Crippen LogP contribution in [0.2, 0.25) is 0 Å². The molecule has 1 aliphatic rings. The molecule has 24 heavy (non-hydrogen) atoms. The quantitative estimate of drug-likeness (QED) is 0.304. The van der Waals surface area contributed by atoms with Gasteiger partial charge in [-0.25, -0.2) is 0 Å². The fourth-order valence-corrected chi connectivity index (χ4v) is 2.30. The van der Waals surface area contributed by atoms with Crippen LogP contribution >= 0.6 is 0 Å². The summed E-state index contributed by atoms with van der Waals surface area (Å²) < 4.78 is 25.6. The van der Waals surface area contributed by atoms with Crippen LogP contribution < -0.4 is 0 Å². The Morgan fingerprint density at radius 2 is 1.75 bits per heavy atom. The highest BCUT2D eigenvalue weighted by Gasteiger charge is 2.52. The van der Waals surface area contributed by atoms with E-state index in [4.69, 9.17) is 14.2 Å². The Morgan fingerprint density at radius 3 is 2.12 bits per heavy atom. The number of hydrogen-bond acceptors (Lipinski definition) is 8. The monoisotopic (exact) mass is 344 g/mol. The zero-order chi connectivity index (χ0) is 18.5. The lowest BCUT2D eigenvalue weighted by molar-refractivity contribution is -0.178. The van der Waals surface area contributed by atoms with Gasteiger partial charge in [0.25, 0.3) is 0 Å². The fraction of sp³-hybridized carbons (Fsp3) is 0.688. The molecule has 0 radical (unpaired) electrons. The lowest BCUT2D eigenvalue weighted by Crippen LogP contribution is -2.49. The molecule has 136 valence electrons. The number of methoxy groups -OCH3 is 2. The second-order valence-electron chi connectivity index (χ2n) is 5.97. The van der Waals surface area contributed by atoms with Crippen molar-refractivity contribution in [3.63, 3.8) is 0 Å². The van der Waals surface area contributed by atoms with Crippen molar-refractivity contribution in [2.75, 3.05) is 20.8 Å². The van der Waals surface area contributed by atoms with E-state index >= 15 is 0 Å². The minimum absolute atomic E-state index is 0.295. The van der Waals surface area contributed by atoms with E-state index < -0.39 is 41.3 Å². The number of hydrogen-bond donors (Lipinski definition) is 0. The molecule has 0 aromatic rings. The first-order chi connectivity index (χ1) is 11.1. The largest absolute Gasteiger partial charge is 0.468 e. The third-order valence-corrected chi connectivity index (χ3v) is 3.61. The molecule has 0 N–H and O–H groups in total. The van der Waals surface area contributed by atoms with E-state index in [-0.39, 0.29) is 0 Å². The van der Waals surface area contributed by atoms with Gasteiger partial charge in [-0.3, -0.25) is 14.4 Å². The number of rotatable bonds is 6. The Hall–Kier alpha value is -1.93. The molecule has 0 aromatic heterocycles. The molecule has 0 aliphatic carbocycles. The van der Waals surface area contributed by atoms with Crippen LogP contribution in [0.4, 0.5) is 0 Å². The molecule has 1 rings (SSSR count). The van der Waals surface area contributed by atoms with Crippen LogP contribution in [0.1, 0.15) is 27.7 Å². The predicted molar refractivity (Wildman–Crippen MR) is 81.7 cm³/mol. The van der Waals surface area contributed by atoms with Gasteiger partial charge in [-0.15, -0.1) is 0 Å². The molecule has 2 atom stereocenters. The topological polar surface area (TPSA) is 97.4 Å². The van der Waals surface area contributed by atoms with E-state index in [1.165, 1.54) is 19.9 Å². The molecule has 0 amide bonds. The summed E-state index contributed by atoms with van der Waals surface area (Å²) in [6.45, 7) is 6.28. The normalized spacial score (nSPS) is 21.3. The zero-order valence-corrected chi connectivity index (χ0v) is 14.8. The molecule has 0 bridgehead atoms. The van der Waals surface area contributed by atoms with Gasteiger partial charge in [0.2, 0.25) is 5.41 Å². The first-order valence-corrected chi connectivity index (χ1v) is 7.41. The summed E-state index contributed by atoms with van der Waals surface area (Å²) in [5.74, 6) is -3.16. The van der Waals surface area contributed by atoms with Crippen LogP contribution in [0.25, 0.3) is 0 Å². The van der Waals surface area contributed by atoms with Gasteiger partial charge >= 0.3 is 17.9 Å². The lowest BCUT2D eigenvalue weighted by Gasteiger charge is -2.30. The average molecular weight is 344 g/mol. The minimum Gasteiger partial charge on any atom is -0.468 e. The number of esters is 3. The third kappa shape index (κ3) is 4.55. The van der Waals surface area contributed by atoms with Crippen molar-refractivity contribution >= 4 is 17.9 Å². The SMILES string of the molecule is COC(=O)C(C)(C(=O)OC)[C@H](C=C[C@H]1COC(C)(C)O1)OC(C)=O. The lowest BCUT2D eigenvalue weighted by atomic mass is 9.83. The molecular weight excluding hydrogens is 320 g/mol. The van der Waals surface area contributed by atoms with Gasteiger partial charge < -0.3 is 23.7 Å².